The Morgan fingerprint density at radius 2 is 0.417 bits per heavy atom. The molecule has 256 valence electrons. The maximum absolute atomic E-state index is 4.60. The van der Waals surface area contributed by atoms with Crippen LogP contribution < -0.4 is 21.3 Å². The van der Waals surface area contributed by atoms with Crippen molar-refractivity contribution in [1.82, 2.24) is 21.3 Å². The summed E-state index contributed by atoms with van der Waals surface area (Å²) in [6.07, 6.45) is 38.7. The van der Waals surface area contributed by atoms with Crippen molar-refractivity contribution in [2.24, 2.45) is 94.7 Å². The standard InChI is InChI=1S/C44H60N4/c1-9-25-10-2-21(1)33-29-17-18-30-34-22-5-13-27(14-6-22)39(34)43(47-30)44-40-28-15-7-24(8-16-28)36(40)32(48-44)20-19-31-35-23-3-11-26(12-4-23)38(35)42(46-31)41(45-29)37(25)33/h1,3,5,7,9,11,13,15,21-48H,2,4,6,8,10,12,14,16-20H2. The van der Waals surface area contributed by atoms with E-state index in [2.05, 4.69) is 69.9 Å². The van der Waals surface area contributed by atoms with E-state index in [1.165, 1.54) is 77.0 Å². The molecule has 4 nitrogen and oxygen atoms in total. The first kappa shape index (κ1) is 28.4. The van der Waals surface area contributed by atoms with Gasteiger partial charge < -0.3 is 21.3 Å². The summed E-state index contributed by atoms with van der Waals surface area (Å²) in [5, 5.41) is 18.4. The van der Waals surface area contributed by atoms with Crippen LogP contribution in [0.3, 0.4) is 0 Å². The number of allylic oxidation sites excluding steroid dienone is 8. The van der Waals surface area contributed by atoms with Crippen LogP contribution >= 0.6 is 0 Å². The highest BCUT2D eigenvalue weighted by Crippen LogP contribution is 2.60. The number of rotatable bonds is 0. The average molecular weight is 645 g/mol. The van der Waals surface area contributed by atoms with E-state index < -0.39 is 0 Å². The van der Waals surface area contributed by atoms with E-state index in [1.807, 2.05) is 0 Å². The molecule has 5 heterocycles. The molecule has 5 saturated heterocycles. The normalized spacial score (nSPS) is 64.7. The fourth-order valence-electron chi connectivity index (χ4n) is 17.7. The lowest BCUT2D eigenvalue weighted by atomic mass is 9.55. The van der Waals surface area contributed by atoms with Crippen LogP contribution in [0, 0.1) is 94.7 Å². The molecule has 48 heavy (non-hydrogen) atoms. The molecule has 0 aromatic carbocycles. The van der Waals surface area contributed by atoms with Gasteiger partial charge in [-0.2, -0.15) is 0 Å². The van der Waals surface area contributed by atoms with Crippen LogP contribution in [0.5, 0.6) is 0 Å². The lowest BCUT2D eigenvalue weighted by Gasteiger charge is -2.48. The highest BCUT2D eigenvalue weighted by atomic mass is 15.2. The van der Waals surface area contributed by atoms with E-state index in [9.17, 15) is 0 Å². The van der Waals surface area contributed by atoms with Gasteiger partial charge in [-0.1, -0.05) is 48.6 Å². The topological polar surface area (TPSA) is 48.1 Å². The molecule has 0 amide bonds. The van der Waals surface area contributed by atoms with Crippen molar-refractivity contribution < 1.29 is 0 Å². The van der Waals surface area contributed by atoms with Gasteiger partial charge in [-0.15, -0.1) is 0 Å². The first-order chi connectivity index (χ1) is 23.8. The van der Waals surface area contributed by atoms with Gasteiger partial charge in [-0.3, -0.25) is 0 Å². The van der Waals surface area contributed by atoms with Gasteiger partial charge in [0.2, 0.25) is 0 Å². The third-order valence-corrected chi connectivity index (χ3v) is 19.0. The van der Waals surface area contributed by atoms with Crippen LogP contribution in [0.1, 0.15) is 77.0 Å². The maximum Gasteiger partial charge on any atom is 0.0264 e. The van der Waals surface area contributed by atoms with Crippen LogP contribution in [0.25, 0.3) is 0 Å². The number of hydrogen-bond acceptors (Lipinski definition) is 4. The van der Waals surface area contributed by atoms with E-state index in [-0.39, 0.29) is 0 Å². The van der Waals surface area contributed by atoms with Crippen molar-refractivity contribution >= 4 is 0 Å². The summed E-state index contributed by atoms with van der Waals surface area (Å²) in [4.78, 5) is 0. The summed E-state index contributed by atoms with van der Waals surface area (Å²) in [7, 11) is 0. The second-order valence-corrected chi connectivity index (χ2v) is 20.1. The zero-order valence-electron chi connectivity index (χ0n) is 29.0. The molecular weight excluding hydrogens is 585 g/mol. The van der Waals surface area contributed by atoms with Crippen molar-refractivity contribution in [3.05, 3.63) is 48.6 Å². The van der Waals surface area contributed by atoms with Crippen molar-refractivity contribution in [3.8, 4) is 0 Å². The lowest BCUT2D eigenvalue weighted by Crippen LogP contribution is -2.54. The summed E-state index contributed by atoms with van der Waals surface area (Å²) in [5.74, 6) is 13.4. The maximum atomic E-state index is 4.60. The number of nitrogens with one attached hydrogen (secondary N) is 4. The zero-order valence-corrected chi connectivity index (χ0v) is 29.0. The van der Waals surface area contributed by atoms with Gasteiger partial charge in [0.15, 0.2) is 0 Å². The molecule has 0 radical (unpaired) electrons. The molecule has 0 aromatic heterocycles. The minimum absolute atomic E-state index is 0.666. The molecular formula is C44H60N4. The Morgan fingerprint density at radius 3 is 0.604 bits per heavy atom. The minimum Gasteiger partial charge on any atom is -0.309 e. The van der Waals surface area contributed by atoms with E-state index in [0.29, 0.717) is 48.3 Å². The summed E-state index contributed by atoms with van der Waals surface area (Å²) in [5.41, 5.74) is 0. The molecule has 17 rings (SSSR count). The quantitative estimate of drug-likeness (QED) is 0.236. The molecule has 4 heteroatoms. The number of fused-ring (bicyclic) bond motifs is 14. The summed E-state index contributed by atoms with van der Waals surface area (Å²) >= 11 is 0. The smallest absolute Gasteiger partial charge is 0.0264 e. The van der Waals surface area contributed by atoms with Crippen molar-refractivity contribution in [2.45, 2.75) is 125 Å². The van der Waals surface area contributed by atoms with Crippen molar-refractivity contribution in [2.75, 3.05) is 0 Å². The third kappa shape index (κ3) is 3.68. The fourth-order valence-corrected chi connectivity index (χ4v) is 17.7. The Kier molecular flexibility index (Phi) is 6.05. The first-order valence-corrected chi connectivity index (χ1v) is 21.5. The Hall–Kier alpha value is -1.20. The molecule has 9 fully saturated rings. The predicted molar refractivity (Wildman–Crippen MR) is 191 cm³/mol. The SMILES string of the molecule is C1=CC2CCC1C1C3CCC4NC(C5NC(CCC6NC(C(N3)C21)C1C2C=CC(CC2)C61)C1C2C=CC(CC2)C51)C1C2C=CC(CC2)C41. The fraction of sp³-hybridized carbons (Fsp3) is 0.818. The molecule has 5 aliphatic heterocycles. The summed E-state index contributed by atoms with van der Waals surface area (Å²) < 4.78 is 0. The van der Waals surface area contributed by atoms with Crippen LogP contribution in [0.15, 0.2) is 48.6 Å². The molecule has 0 spiro atoms. The van der Waals surface area contributed by atoms with E-state index in [0.717, 1.165) is 94.7 Å². The Bertz CT molecular complexity index is 1250. The van der Waals surface area contributed by atoms with Gasteiger partial charge in [0.05, 0.1) is 0 Å². The molecule has 24 unspecified atom stereocenters. The van der Waals surface area contributed by atoms with Crippen LogP contribution in [-0.4, -0.2) is 48.3 Å². The Labute approximate surface area is 289 Å². The highest BCUT2D eigenvalue weighted by molar-refractivity contribution is 5.27. The van der Waals surface area contributed by atoms with Gasteiger partial charge in [-0.25, -0.2) is 0 Å². The third-order valence-electron chi connectivity index (χ3n) is 19.0. The van der Waals surface area contributed by atoms with Crippen molar-refractivity contribution in [3.63, 3.8) is 0 Å². The van der Waals surface area contributed by atoms with Gasteiger partial charge in [-0.05, 0) is 172 Å². The molecule has 12 aliphatic carbocycles. The zero-order chi connectivity index (χ0) is 30.8. The van der Waals surface area contributed by atoms with Gasteiger partial charge in [0.25, 0.3) is 0 Å². The Balaban J connectivity index is 0.915. The molecule has 24 atom stereocenters. The Morgan fingerprint density at radius 1 is 0.229 bits per heavy atom. The predicted octanol–water partition coefficient (Wildman–Crippen LogP) is 6.24. The van der Waals surface area contributed by atoms with E-state index in [4.69, 9.17) is 0 Å². The van der Waals surface area contributed by atoms with Gasteiger partial charge >= 0.3 is 0 Å². The lowest BCUT2D eigenvalue weighted by molar-refractivity contribution is 0.0830. The van der Waals surface area contributed by atoms with Crippen molar-refractivity contribution in [1.29, 1.82) is 0 Å². The van der Waals surface area contributed by atoms with Gasteiger partial charge in [0, 0.05) is 48.3 Å². The van der Waals surface area contributed by atoms with Crippen LogP contribution in [-0.2, 0) is 0 Å². The largest absolute Gasteiger partial charge is 0.309 e. The average Bonchev–Trinajstić information content (AvgIpc) is 3.94. The first-order valence-electron chi connectivity index (χ1n) is 21.5. The number of hydrogen-bond donors (Lipinski definition) is 4. The van der Waals surface area contributed by atoms with E-state index in [1.54, 1.807) is 0 Å². The van der Waals surface area contributed by atoms with Gasteiger partial charge in [0.1, 0.15) is 0 Å². The molecule has 4 N–H and O–H groups in total. The molecule has 16 bridgehead atoms. The second kappa shape index (κ2) is 10.2. The molecule has 0 aromatic rings. The van der Waals surface area contributed by atoms with Crippen LogP contribution in [0.2, 0.25) is 0 Å². The van der Waals surface area contributed by atoms with Crippen LogP contribution in [0.4, 0.5) is 0 Å². The second-order valence-electron chi connectivity index (χ2n) is 20.1. The monoisotopic (exact) mass is 644 g/mol. The summed E-state index contributed by atoms with van der Waals surface area (Å²) in [6.45, 7) is 0. The minimum atomic E-state index is 0.666. The molecule has 17 aliphatic rings. The highest BCUT2D eigenvalue weighted by Gasteiger charge is 2.64. The van der Waals surface area contributed by atoms with E-state index >= 15 is 0 Å². The summed E-state index contributed by atoms with van der Waals surface area (Å²) in [6, 6.07) is 5.48. The molecule has 4 saturated carbocycles.